The van der Waals surface area contributed by atoms with Gasteiger partial charge in [0.2, 0.25) is 0 Å². The van der Waals surface area contributed by atoms with E-state index in [0.29, 0.717) is 5.69 Å². The van der Waals surface area contributed by atoms with Crippen LogP contribution in [0, 0.1) is 10.1 Å². The number of anilines is 3. The summed E-state index contributed by atoms with van der Waals surface area (Å²) in [5.41, 5.74) is 8.59. The molecule has 0 unspecified atom stereocenters. The Labute approximate surface area is 186 Å². The lowest BCUT2D eigenvalue weighted by Gasteiger charge is -2.36. The number of nitrogens with one attached hydrogen (secondary N) is 1. The molecule has 3 N–H and O–H groups in total. The van der Waals surface area contributed by atoms with Crippen molar-refractivity contribution in [1.82, 2.24) is 4.90 Å². The van der Waals surface area contributed by atoms with Gasteiger partial charge in [-0.2, -0.15) is 0 Å². The third-order valence-corrected chi connectivity index (χ3v) is 5.60. The van der Waals surface area contributed by atoms with E-state index < -0.39 is 10.8 Å². The van der Waals surface area contributed by atoms with Crippen LogP contribution in [-0.4, -0.2) is 41.9 Å². The summed E-state index contributed by atoms with van der Waals surface area (Å²) in [4.78, 5) is 27.7. The largest absolute Gasteiger partial charge is 0.393 e. The Hall–Kier alpha value is -3.91. The van der Waals surface area contributed by atoms with Gasteiger partial charge in [-0.15, -0.1) is 0 Å². The van der Waals surface area contributed by atoms with Gasteiger partial charge in [0.25, 0.3) is 11.6 Å². The number of hydrogen-bond acceptors (Lipinski definition) is 6. The topological polar surface area (TPSA) is 105 Å². The van der Waals surface area contributed by atoms with E-state index in [-0.39, 0.29) is 16.9 Å². The molecule has 1 saturated heterocycles. The Morgan fingerprint density at radius 2 is 1.66 bits per heavy atom. The number of carbonyl (C=O) groups excluding carboxylic acids is 1. The molecule has 8 heteroatoms. The summed E-state index contributed by atoms with van der Waals surface area (Å²) in [5, 5.41) is 13.8. The maximum absolute atomic E-state index is 12.5. The van der Waals surface area contributed by atoms with Gasteiger partial charge >= 0.3 is 0 Å². The summed E-state index contributed by atoms with van der Waals surface area (Å²) in [5.74, 6) is -0.421. The Bertz CT molecular complexity index is 1090. The minimum atomic E-state index is -0.597. The van der Waals surface area contributed by atoms with Gasteiger partial charge < -0.3 is 16.0 Å². The zero-order valence-electron chi connectivity index (χ0n) is 17.6. The van der Waals surface area contributed by atoms with Crippen molar-refractivity contribution >= 4 is 28.7 Å². The van der Waals surface area contributed by atoms with Crippen LogP contribution in [0.2, 0.25) is 0 Å². The molecule has 8 nitrogen and oxygen atoms in total. The number of benzene rings is 3. The van der Waals surface area contributed by atoms with Crippen molar-refractivity contribution in [1.29, 1.82) is 0 Å². The van der Waals surface area contributed by atoms with E-state index in [1.165, 1.54) is 23.8 Å². The summed E-state index contributed by atoms with van der Waals surface area (Å²) in [7, 11) is 0. The van der Waals surface area contributed by atoms with Crippen molar-refractivity contribution in [2.45, 2.75) is 6.54 Å². The lowest BCUT2D eigenvalue weighted by atomic mass is 10.1. The summed E-state index contributed by atoms with van der Waals surface area (Å²) in [6, 6.07) is 22.2. The molecule has 1 aliphatic rings. The van der Waals surface area contributed by atoms with Crippen LogP contribution in [0.1, 0.15) is 15.9 Å². The van der Waals surface area contributed by atoms with Crippen molar-refractivity contribution in [3.63, 3.8) is 0 Å². The van der Waals surface area contributed by atoms with E-state index >= 15 is 0 Å². The highest BCUT2D eigenvalue weighted by atomic mass is 16.6. The summed E-state index contributed by atoms with van der Waals surface area (Å²) in [6.07, 6.45) is 0. The summed E-state index contributed by atoms with van der Waals surface area (Å²) in [6.45, 7) is 4.82. The minimum Gasteiger partial charge on any atom is -0.393 e. The molecule has 3 aromatic carbocycles. The quantitative estimate of drug-likeness (QED) is 0.350. The van der Waals surface area contributed by atoms with Gasteiger partial charge in [0.15, 0.2) is 0 Å². The van der Waals surface area contributed by atoms with Crippen molar-refractivity contribution in [2.24, 2.45) is 0 Å². The number of hydrogen-bond donors (Lipinski definition) is 2. The molecule has 4 rings (SSSR count). The number of piperazine rings is 1. The van der Waals surface area contributed by atoms with Gasteiger partial charge in [0, 0.05) is 55.7 Å². The van der Waals surface area contributed by atoms with Gasteiger partial charge in [-0.05, 0) is 42.0 Å². The second kappa shape index (κ2) is 9.49. The number of amides is 1. The molecule has 1 aliphatic heterocycles. The van der Waals surface area contributed by atoms with E-state index in [9.17, 15) is 14.9 Å². The fourth-order valence-corrected chi connectivity index (χ4v) is 3.81. The monoisotopic (exact) mass is 431 g/mol. The van der Waals surface area contributed by atoms with Crippen LogP contribution in [-0.2, 0) is 6.54 Å². The van der Waals surface area contributed by atoms with Crippen LogP contribution >= 0.6 is 0 Å². The maximum atomic E-state index is 12.5. The molecule has 1 heterocycles. The molecule has 1 fully saturated rings. The number of nitrogens with two attached hydrogens (primary N) is 1. The van der Waals surface area contributed by atoms with Crippen LogP contribution in [0.5, 0.6) is 0 Å². The first-order valence-corrected chi connectivity index (χ1v) is 10.5. The highest BCUT2D eigenvalue weighted by Crippen LogP contribution is 2.24. The molecular formula is C24H25N5O3. The van der Waals surface area contributed by atoms with E-state index in [2.05, 4.69) is 39.4 Å². The summed E-state index contributed by atoms with van der Waals surface area (Å²) >= 11 is 0. The second-order valence-corrected chi connectivity index (χ2v) is 7.78. The van der Waals surface area contributed by atoms with Gasteiger partial charge in [-0.1, -0.05) is 30.3 Å². The van der Waals surface area contributed by atoms with E-state index in [1.807, 2.05) is 30.3 Å². The Balaban J connectivity index is 1.33. The molecule has 1 amide bonds. The highest BCUT2D eigenvalue weighted by molar-refractivity contribution is 6.05. The fraction of sp³-hybridized carbons (Fsp3) is 0.208. The van der Waals surface area contributed by atoms with Crippen LogP contribution in [0.25, 0.3) is 0 Å². The van der Waals surface area contributed by atoms with Crippen molar-refractivity contribution in [3.8, 4) is 0 Å². The number of rotatable bonds is 6. The predicted octanol–water partition coefficient (Wildman–Crippen LogP) is 3.75. The van der Waals surface area contributed by atoms with Crippen LogP contribution in [0.15, 0.2) is 72.8 Å². The number of nitrogen functional groups attached to an aromatic ring is 1. The normalized spacial score (nSPS) is 14.2. The van der Waals surface area contributed by atoms with E-state index in [1.54, 1.807) is 0 Å². The van der Waals surface area contributed by atoms with Crippen LogP contribution in [0.3, 0.4) is 0 Å². The Kier molecular flexibility index (Phi) is 6.32. The molecular weight excluding hydrogens is 406 g/mol. The zero-order chi connectivity index (χ0) is 22.5. The molecule has 0 atom stereocenters. The van der Waals surface area contributed by atoms with Gasteiger partial charge in [-0.25, -0.2) is 0 Å². The van der Waals surface area contributed by atoms with Gasteiger partial charge in [0.1, 0.15) is 5.69 Å². The second-order valence-electron chi connectivity index (χ2n) is 7.78. The molecule has 0 aliphatic carbocycles. The number of nitro groups is 1. The molecule has 0 saturated carbocycles. The number of nitrogens with zero attached hydrogens (tertiary/aromatic N) is 3. The summed E-state index contributed by atoms with van der Waals surface area (Å²) < 4.78 is 0. The first kappa shape index (κ1) is 21.3. The van der Waals surface area contributed by atoms with Crippen molar-refractivity contribution in [2.75, 3.05) is 42.1 Å². The molecule has 0 radical (unpaired) electrons. The maximum Gasteiger partial charge on any atom is 0.292 e. The Morgan fingerprint density at radius 1 is 0.969 bits per heavy atom. The predicted molar refractivity (Wildman–Crippen MR) is 126 cm³/mol. The van der Waals surface area contributed by atoms with Crippen molar-refractivity contribution in [3.05, 3.63) is 94.0 Å². The number of carbonyl (C=O) groups is 1. The lowest BCUT2D eigenvalue weighted by Crippen LogP contribution is -2.45. The first-order chi connectivity index (χ1) is 15.5. The molecule has 0 spiro atoms. The number of nitro benzene ring substituents is 1. The van der Waals surface area contributed by atoms with Crippen molar-refractivity contribution < 1.29 is 9.72 Å². The Morgan fingerprint density at radius 3 is 2.31 bits per heavy atom. The van der Waals surface area contributed by atoms with E-state index in [4.69, 9.17) is 5.73 Å². The molecule has 0 bridgehead atoms. The standard InChI is InChI=1S/C24H25N5O3/c25-22-11-6-19(16-23(22)29(31)32)24(30)26-20-7-9-21(10-8-20)28-14-12-27(13-15-28)17-18-4-2-1-3-5-18/h1-11,16H,12-15,17,25H2,(H,26,30). The third-order valence-electron chi connectivity index (χ3n) is 5.60. The lowest BCUT2D eigenvalue weighted by molar-refractivity contribution is -0.383. The molecule has 164 valence electrons. The molecule has 32 heavy (non-hydrogen) atoms. The van der Waals surface area contributed by atoms with Gasteiger partial charge in [-0.3, -0.25) is 19.8 Å². The fourth-order valence-electron chi connectivity index (χ4n) is 3.81. The SMILES string of the molecule is Nc1ccc(C(=O)Nc2ccc(N3CCN(Cc4ccccc4)CC3)cc2)cc1[N+](=O)[O-]. The molecule has 0 aromatic heterocycles. The highest BCUT2D eigenvalue weighted by Gasteiger charge is 2.18. The average molecular weight is 431 g/mol. The third kappa shape index (κ3) is 5.04. The van der Waals surface area contributed by atoms with Crippen LogP contribution in [0.4, 0.5) is 22.7 Å². The first-order valence-electron chi connectivity index (χ1n) is 10.5. The zero-order valence-corrected chi connectivity index (χ0v) is 17.6. The smallest absolute Gasteiger partial charge is 0.292 e. The van der Waals surface area contributed by atoms with Gasteiger partial charge in [0.05, 0.1) is 4.92 Å². The minimum absolute atomic E-state index is 0.0276. The average Bonchev–Trinajstić information content (AvgIpc) is 2.81. The molecule has 3 aromatic rings. The van der Waals surface area contributed by atoms with E-state index in [0.717, 1.165) is 38.4 Å². The van der Waals surface area contributed by atoms with Crippen LogP contribution < -0.4 is 16.0 Å².